The molecule has 0 unspecified atom stereocenters. The number of piperidine rings is 1. The molecule has 2 aliphatic rings. The van der Waals surface area contributed by atoms with Gasteiger partial charge in [-0.1, -0.05) is 0 Å². The third kappa shape index (κ3) is 4.69. The highest BCUT2D eigenvalue weighted by Gasteiger charge is 2.29. The van der Waals surface area contributed by atoms with Gasteiger partial charge in [-0.3, -0.25) is 9.10 Å². The van der Waals surface area contributed by atoms with Crippen LogP contribution in [0.15, 0.2) is 24.3 Å². The molecule has 146 valence electrons. The van der Waals surface area contributed by atoms with E-state index in [1.54, 1.807) is 24.3 Å². The van der Waals surface area contributed by atoms with Crippen molar-refractivity contribution in [2.75, 3.05) is 43.3 Å². The zero-order valence-corrected chi connectivity index (χ0v) is 16.8. The lowest BCUT2D eigenvalue weighted by molar-refractivity contribution is 0.0687. The Balaban J connectivity index is 0.00000243. The summed E-state index contributed by atoms with van der Waals surface area (Å²) in [6, 6.07) is 6.99. The van der Waals surface area contributed by atoms with Crippen LogP contribution in [0.3, 0.4) is 0 Å². The van der Waals surface area contributed by atoms with E-state index in [0.717, 1.165) is 38.9 Å². The SMILES string of the molecule is CNCCC1CCN(C(=O)c2ccc(N3CCCS3(=O)=O)cc2)CC1.Cl. The molecule has 1 aromatic carbocycles. The normalized spacial score (nSPS) is 20.0. The maximum Gasteiger partial charge on any atom is 0.253 e. The molecule has 0 radical (unpaired) electrons. The van der Waals surface area contributed by atoms with E-state index in [-0.39, 0.29) is 24.1 Å². The van der Waals surface area contributed by atoms with Gasteiger partial charge in [-0.05, 0) is 69.5 Å². The van der Waals surface area contributed by atoms with Crippen LogP contribution < -0.4 is 9.62 Å². The molecule has 0 saturated carbocycles. The van der Waals surface area contributed by atoms with E-state index in [1.807, 2.05) is 11.9 Å². The van der Waals surface area contributed by atoms with Gasteiger partial charge < -0.3 is 10.2 Å². The van der Waals surface area contributed by atoms with E-state index in [9.17, 15) is 13.2 Å². The van der Waals surface area contributed by atoms with Crippen LogP contribution in [0.5, 0.6) is 0 Å². The Morgan fingerprint density at radius 3 is 2.35 bits per heavy atom. The summed E-state index contributed by atoms with van der Waals surface area (Å²) in [5.41, 5.74) is 1.29. The fourth-order valence-corrected chi connectivity index (χ4v) is 5.22. The van der Waals surface area contributed by atoms with E-state index in [2.05, 4.69) is 5.32 Å². The Kier molecular flexibility index (Phi) is 7.32. The maximum absolute atomic E-state index is 12.7. The molecule has 0 aromatic heterocycles. The number of carbonyl (C=O) groups is 1. The van der Waals surface area contributed by atoms with Gasteiger partial charge in [0.05, 0.1) is 11.4 Å². The molecule has 2 aliphatic heterocycles. The average Bonchev–Trinajstić information content (AvgIpc) is 2.99. The Labute approximate surface area is 162 Å². The van der Waals surface area contributed by atoms with Crippen molar-refractivity contribution in [1.82, 2.24) is 10.2 Å². The topological polar surface area (TPSA) is 69.7 Å². The molecule has 0 spiro atoms. The molecule has 1 N–H and O–H groups in total. The molecule has 2 heterocycles. The fourth-order valence-electron chi connectivity index (χ4n) is 3.66. The lowest BCUT2D eigenvalue weighted by Crippen LogP contribution is -2.39. The van der Waals surface area contributed by atoms with Crippen molar-refractivity contribution in [2.45, 2.75) is 25.7 Å². The second kappa shape index (κ2) is 9.06. The van der Waals surface area contributed by atoms with Gasteiger partial charge in [0.25, 0.3) is 5.91 Å². The fraction of sp³-hybridized carbons (Fsp3) is 0.611. The molecule has 0 atom stereocenters. The summed E-state index contributed by atoms with van der Waals surface area (Å²) in [7, 11) is -1.21. The predicted molar refractivity (Wildman–Crippen MR) is 107 cm³/mol. The van der Waals surface area contributed by atoms with Crippen molar-refractivity contribution < 1.29 is 13.2 Å². The standard InChI is InChI=1S/C18H27N3O3S.ClH/c1-19-10-7-15-8-12-20(13-9-15)18(22)16-3-5-17(6-4-16)21-11-2-14-25(21,23)24;/h3-6,15,19H,2,7-14H2,1H3;1H. The molecular weight excluding hydrogens is 374 g/mol. The molecule has 0 aliphatic carbocycles. The van der Waals surface area contributed by atoms with Gasteiger partial charge >= 0.3 is 0 Å². The number of hydrogen-bond donors (Lipinski definition) is 1. The predicted octanol–water partition coefficient (Wildman–Crippen LogP) is 2.11. The minimum absolute atomic E-state index is 0. The number of benzene rings is 1. The van der Waals surface area contributed by atoms with Crippen LogP contribution in [0.1, 0.15) is 36.0 Å². The molecule has 6 nitrogen and oxygen atoms in total. The summed E-state index contributed by atoms with van der Waals surface area (Å²) < 4.78 is 25.4. The van der Waals surface area contributed by atoms with Gasteiger partial charge in [0.15, 0.2) is 0 Å². The number of amides is 1. The smallest absolute Gasteiger partial charge is 0.253 e. The van der Waals surface area contributed by atoms with E-state index in [0.29, 0.717) is 30.1 Å². The molecule has 3 rings (SSSR count). The van der Waals surface area contributed by atoms with Crippen LogP contribution in [0.2, 0.25) is 0 Å². The van der Waals surface area contributed by atoms with E-state index >= 15 is 0 Å². The molecule has 1 amide bonds. The van der Waals surface area contributed by atoms with Crippen molar-refractivity contribution in [1.29, 1.82) is 0 Å². The number of sulfonamides is 1. The van der Waals surface area contributed by atoms with Crippen LogP contribution in [-0.2, 0) is 10.0 Å². The van der Waals surface area contributed by atoms with Crippen molar-refractivity contribution in [3.8, 4) is 0 Å². The first-order valence-corrected chi connectivity index (χ1v) is 10.7. The Hall–Kier alpha value is -1.31. The van der Waals surface area contributed by atoms with Crippen molar-refractivity contribution in [3.05, 3.63) is 29.8 Å². The van der Waals surface area contributed by atoms with Crippen LogP contribution in [-0.4, -0.2) is 58.2 Å². The zero-order chi connectivity index (χ0) is 17.9. The highest BCUT2D eigenvalue weighted by molar-refractivity contribution is 7.93. The van der Waals surface area contributed by atoms with Crippen molar-refractivity contribution >= 4 is 34.0 Å². The van der Waals surface area contributed by atoms with Gasteiger partial charge in [-0.15, -0.1) is 12.4 Å². The summed E-state index contributed by atoms with van der Waals surface area (Å²) in [6.45, 7) is 3.15. The summed E-state index contributed by atoms with van der Waals surface area (Å²) in [5, 5.41) is 3.18. The molecule has 26 heavy (non-hydrogen) atoms. The molecule has 8 heteroatoms. The van der Waals surface area contributed by atoms with Gasteiger partial charge in [-0.2, -0.15) is 0 Å². The van der Waals surface area contributed by atoms with Crippen molar-refractivity contribution in [2.24, 2.45) is 5.92 Å². The number of halogens is 1. The summed E-state index contributed by atoms with van der Waals surface area (Å²) >= 11 is 0. The third-order valence-electron chi connectivity index (χ3n) is 5.21. The zero-order valence-electron chi connectivity index (χ0n) is 15.2. The molecular formula is C18H28ClN3O3S. The summed E-state index contributed by atoms with van der Waals surface area (Å²) in [6.07, 6.45) is 3.93. The monoisotopic (exact) mass is 401 g/mol. The van der Waals surface area contributed by atoms with E-state index in [1.165, 1.54) is 4.31 Å². The van der Waals surface area contributed by atoms with E-state index in [4.69, 9.17) is 0 Å². The Bertz CT molecular complexity index is 701. The van der Waals surface area contributed by atoms with Crippen LogP contribution >= 0.6 is 12.4 Å². The van der Waals surface area contributed by atoms with Crippen LogP contribution in [0.4, 0.5) is 5.69 Å². The summed E-state index contributed by atoms with van der Waals surface area (Å²) in [5.74, 6) is 0.943. The average molecular weight is 402 g/mol. The quantitative estimate of drug-likeness (QED) is 0.820. The number of nitrogens with one attached hydrogen (secondary N) is 1. The lowest BCUT2D eigenvalue weighted by Gasteiger charge is -2.32. The van der Waals surface area contributed by atoms with Crippen molar-refractivity contribution in [3.63, 3.8) is 0 Å². The molecule has 1 aromatic rings. The molecule has 0 bridgehead atoms. The van der Waals surface area contributed by atoms with Gasteiger partial charge in [0, 0.05) is 25.2 Å². The maximum atomic E-state index is 12.7. The molecule has 2 saturated heterocycles. The minimum atomic E-state index is -3.17. The lowest BCUT2D eigenvalue weighted by atomic mass is 9.93. The molecule has 2 fully saturated rings. The number of nitrogens with zero attached hydrogens (tertiary/aromatic N) is 2. The Morgan fingerprint density at radius 2 is 1.81 bits per heavy atom. The number of rotatable bonds is 5. The minimum Gasteiger partial charge on any atom is -0.339 e. The number of anilines is 1. The third-order valence-corrected chi connectivity index (χ3v) is 7.08. The van der Waals surface area contributed by atoms with Gasteiger partial charge in [-0.25, -0.2) is 8.42 Å². The first-order valence-electron chi connectivity index (χ1n) is 9.05. The van der Waals surface area contributed by atoms with Gasteiger partial charge in [0.1, 0.15) is 0 Å². The number of likely N-dealkylation sites (tertiary alicyclic amines) is 1. The van der Waals surface area contributed by atoms with E-state index < -0.39 is 10.0 Å². The van der Waals surface area contributed by atoms with Crippen LogP contribution in [0, 0.1) is 5.92 Å². The largest absolute Gasteiger partial charge is 0.339 e. The summed E-state index contributed by atoms with van der Waals surface area (Å²) in [4.78, 5) is 14.6. The first-order chi connectivity index (χ1) is 12.0. The first kappa shape index (κ1) is 21.0. The second-order valence-corrected chi connectivity index (χ2v) is 8.93. The number of hydrogen-bond acceptors (Lipinski definition) is 4. The van der Waals surface area contributed by atoms with Gasteiger partial charge in [0.2, 0.25) is 10.0 Å². The van der Waals surface area contributed by atoms with Crippen LogP contribution in [0.25, 0.3) is 0 Å². The second-order valence-electron chi connectivity index (χ2n) is 6.92. The highest BCUT2D eigenvalue weighted by Crippen LogP contribution is 2.25. The Morgan fingerprint density at radius 1 is 1.15 bits per heavy atom. The highest BCUT2D eigenvalue weighted by atomic mass is 35.5. The number of carbonyl (C=O) groups excluding carboxylic acids is 1.